The van der Waals surface area contributed by atoms with Crippen molar-refractivity contribution in [1.82, 2.24) is 20.2 Å². The van der Waals surface area contributed by atoms with Crippen LogP contribution in [-0.2, 0) is 11.2 Å². The molecule has 6 nitrogen and oxygen atoms in total. The summed E-state index contributed by atoms with van der Waals surface area (Å²) < 4.78 is 2.07. The Morgan fingerprint density at radius 1 is 0.871 bits per heavy atom. The normalized spacial score (nSPS) is 10.7. The Bertz CT molecular complexity index is 1200. The minimum Gasteiger partial charge on any atom is -0.354 e. The molecule has 0 saturated carbocycles. The van der Waals surface area contributed by atoms with E-state index in [1.54, 1.807) is 12.1 Å². The van der Waals surface area contributed by atoms with Crippen LogP contribution in [0.15, 0.2) is 78.9 Å². The number of para-hydroxylation sites is 1. The summed E-state index contributed by atoms with van der Waals surface area (Å²) in [7, 11) is 0. The van der Waals surface area contributed by atoms with Crippen LogP contribution in [0.5, 0.6) is 0 Å². The molecule has 6 heteroatoms. The number of hydrogen-bond donors (Lipinski definition) is 2. The van der Waals surface area contributed by atoms with E-state index in [2.05, 4.69) is 20.2 Å². The van der Waals surface area contributed by atoms with Crippen molar-refractivity contribution in [2.75, 3.05) is 13.1 Å². The largest absolute Gasteiger partial charge is 0.354 e. The van der Waals surface area contributed by atoms with Crippen LogP contribution in [0.1, 0.15) is 21.7 Å². The van der Waals surface area contributed by atoms with Crippen molar-refractivity contribution in [3.63, 3.8) is 0 Å². The zero-order valence-corrected chi connectivity index (χ0v) is 17.3. The van der Waals surface area contributed by atoms with Gasteiger partial charge < -0.3 is 10.6 Å². The smallest absolute Gasteiger partial charge is 0.251 e. The molecule has 0 spiro atoms. The first-order chi connectivity index (χ1) is 15.1. The van der Waals surface area contributed by atoms with Crippen LogP contribution in [0.3, 0.4) is 0 Å². The first kappa shape index (κ1) is 20.3. The van der Waals surface area contributed by atoms with E-state index in [9.17, 15) is 9.59 Å². The van der Waals surface area contributed by atoms with Gasteiger partial charge >= 0.3 is 0 Å². The number of nitrogens with one attached hydrogen (secondary N) is 2. The molecule has 0 fully saturated rings. The molecule has 0 aliphatic rings. The zero-order chi connectivity index (χ0) is 21.6. The fraction of sp³-hybridized carbons (Fsp3) is 0.160. The van der Waals surface area contributed by atoms with Crippen molar-refractivity contribution in [3.8, 4) is 5.69 Å². The van der Waals surface area contributed by atoms with Gasteiger partial charge in [0.2, 0.25) is 5.91 Å². The highest BCUT2D eigenvalue weighted by molar-refractivity contribution is 5.97. The van der Waals surface area contributed by atoms with Crippen LogP contribution in [0.25, 0.3) is 16.7 Å². The number of aromatic nitrogens is 2. The second kappa shape index (κ2) is 9.26. The molecule has 4 rings (SSSR count). The molecule has 2 N–H and O–H groups in total. The molecule has 1 aromatic heterocycles. The van der Waals surface area contributed by atoms with E-state index in [-0.39, 0.29) is 11.8 Å². The maximum atomic E-state index is 12.5. The van der Waals surface area contributed by atoms with Gasteiger partial charge in [-0.25, -0.2) is 4.98 Å². The van der Waals surface area contributed by atoms with Crippen molar-refractivity contribution < 1.29 is 9.59 Å². The molecule has 3 aromatic carbocycles. The van der Waals surface area contributed by atoms with E-state index in [1.165, 1.54) is 0 Å². The van der Waals surface area contributed by atoms with Crippen molar-refractivity contribution in [1.29, 1.82) is 0 Å². The lowest BCUT2D eigenvalue weighted by Gasteiger charge is -2.08. The number of nitrogens with zero attached hydrogens (tertiary/aromatic N) is 2. The minimum atomic E-state index is -0.189. The molecular weight excluding hydrogens is 388 g/mol. The highest BCUT2D eigenvalue weighted by atomic mass is 16.2. The van der Waals surface area contributed by atoms with Crippen LogP contribution < -0.4 is 10.6 Å². The lowest BCUT2D eigenvalue weighted by Crippen LogP contribution is -2.35. The van der Waals surface area contributed by atoms with E-state index >= 15 is 0 Å². The number of fused-ring (bicyclic) bond motifs is 1. The highest BCUT2D eigenvalue weighted by Gasteiger charge is 2.12. The molecule has 0 aliphatic carbocycles. The summed E-state index contributed by atoms with van der Waals surface area (Å²) in [5.74, 6) is 0.606. The van der Waals surface area contributed by atoms with Crippen LogP contribution in [0, 0.1) is 6.92 Å². The summed E-state index contributed by atoms with van der Waals surface area (Å²) in [6, 6.07) is 25.1. The Kier molecular flexibility index (Phi) is 6.08. The van der Waals surface area contributed by atoms with Crippen molar-refractivity contribution in [2.24, 2.45) is 0 Å². The third kappa shape index (κ3) is 4.80. The number of imidazole rings is 1. The number of amides is 2. The molecule has 4 aromatic rings. The average Bonchev–Trinajstić information content (AvgIpc) is 3.12. The number of hydrogen-bond acceptors (Lipinski definition) is 3. The summed E-state index contributed by atoms with van der Waals surface area (Å²) in [4.78, 5) is 29.1. The van der Waals surface area contributed by atoms with E-state index < -0.39 is 0 Å². The van der Waals surface area contributed by atoms with Gasteiger partial charge in [0, 0.05) is 24.3 Å². The monoisotopic (exact) mass is 412 g/mol. The summed E-state index contributed by atoms with van der Waals surface area (Å²) in [6.45, 7) is 2.68. The van der Waals surface area contributed by atoms with Gasteiger partial charge in [0.15, 0.2) is 0 Å². The van der Waals surface area contributed by atoms with Crippen LogP contribution in [0.2, 0.25) is 0 Å². The van der Waals surface area contributed by atoms with Gasteiger partial charge in [0.25, 0.3) is 5.91 Å². The van der Waals surface area contributed by atoms with Crippen molar-refractivity contribution in [2.45, 2.75) is 13.3 Å². The minimum absolute atomic E-state index is 0.0659. The number of rotatable bonds is 7. The van der Waals surface area contributed by atoms with Gasteiger partial charge in [0.1, 0.15) is 5.82 Å². The quantitative estimate of drug-likeness (QED) is 0.457. The van der Waals surface area contributed by atoms with Gasteiger partial charge in [-0.2, -0.15) is 0 Å². The molecule has 1 heterocycles. The number of carbonyl (C=O) groups is 2. The van der Waals surface area contributed by atoms with E-state index in [0.29, 0.717) is 25.1 Å². The molecule has 0 radical (unpaired) electrons. The first-order valence-electron chi connectivity index (χ1n) is 10.2. The SMILES string of the molecule is Cc1nc2cc(C(=O)NCCNC(=O)Cc3ccccc3)ccc2n1-c1ccccc1. The molecule has 31 heavy (non-hydrogen) atoms. The molecule has 2 amide bonds. The molecular formula is C25H24N4O2. The first-order valence-corrected chi connectivity index (χ1v) is 10.2. The molecule has 156 valence electrons. The summed E-state index contributed by atoms with van der Waals surface area (Å²) in [5.41, 5.74) is 4.26. The molecule has 0 saturated heterocycles. The molecule has 0 unspecified atom stereocenters. The van der Waals surface area contributed by atoms with Crippen molar-refractivity contribution in [3.05, 3.63) is 95.8 Å². The van der Waals surface area contributed by atoms with E-state index in [0.717, 1.165) is 28.1 Å². The second-order valence-electron chi connectivity index (χ2n) is 7.30. The van der Waals surface area contributed by atoms with Crippen molar-refractivity contribution >= 4 is 22.8 Å². The average molecular weight is 412 g/mol. The second-order valence-corrected chi connectivity index (χ2v) is 7.30. The van der Waals surface area contributed by atoms with Gasteiger partial charge in [-0.3, -0.25) is 14.2 Å². The molecule has 0 atom stereocenters. The predicted molar refractivity (Wildman–Crippen MR) is 121 cm³/mol. The van der Waals surface area contributed by atoms with E-state index in [1.807, 2.05) is 73.7 Å². The topological polar surface area (TPSA) is 76.0 Å². The Labute approximate surface area is 180 Å². The fourth-order valence-corrected chi connectivity index (χ4v) is 3.57. The maximum absolute atomic E-state index is 12.5. The molecule has 0 bridgehead atoms. The zero-order valence-electron chi connectivity index (χ0n) is 17.3. The highest BCUT2D eigenvalue weighted by Crippen LogP contribution is 2.22. The maximum Gasteiger partial charge on any atom is 0.251 e. The van der Waals surface area contributed by atoms with Crippen LogP contribution >= 0.6 is 0 Å². The fourth-order valence-electron chi connectivity index (χ4n) is 3.57. The third-order valence-electron chi connectivity index (χ3n) is 5.04. The summed E-state index contributed by atoms with van der Waals surface area (Å²) in [5, 5.41) is 5.67. The van der Waals surface area contributed by atoms with Gasteiger partial charge in [-0.15, -0.1) is 0 Å². The Morgan fingerprint density at radius 2 is 1.55 bits per heavy atom. The van der Waals surface area contributed by atoms with Crippen LogP contribution in [0.4, 0.5) is 0 Å². The number of benzene rings is 3. The number of carbonyl (C=O) groups excluding carboxylic acids is 2. The molecule has 0 aliphatic heterocycles. The third-order valence-corrected chi connectivity index (χ3v) is 5.04. The van der Waals surface area contributed by atoms with Gasteiger partial charge in [-0.05, 0) is 42.8 Å². The van der Waals surface area contributed by atoms with Gasteiger partial charge in [0.05, 0.1) is 17.5 Å². The Hall–Kier alpha value is -3.93. The lowest BCUT2D eigenvalue weighted by molar-refractivity contribution is -0.120. The van der Waals surface area contributed by atoms with Gasteiger partial charge in [-0.1, -0.05) is 48.5 Å². The predicted octanol–water partition coefficient (Wildman–Crippen LogP) is 3.42. The standard InChI is InChI=1S/C25H24N4O2/c1-18-28-22-17-20(12-13-23(22)29(18)21-10-6-3-7-11-21)25(31)27-15-14-26-24(30)16-19-8-4-2-5-9-19/h2-13,17H,14-16H2,1H3,(H,26,30)(H,27,31). The summed E-state index contributed by atoms with van der Waals surface area (Å²) in [6.07, 6.45) is 0.328. The number of aryl methyl sites for hydroxylation is 1. The Morgan fingerprint density at radius 3 is 2.29 bits per heavy atom. The van der Waals surface area contributed by atoms with Crippen LogP contribution in [-0.4, -0.2) is 34.5 Å². The Balaban J connectivity index is 1.35. The van der Waals surface area contributed by atoms with E-state index in [4.69, 9.17) is 0 Å². The lowest BCUT2D eigenvalue weighted by atomic mass is 10.1. The summed E-state index contributed by atoms with van der Waals surface area (Å²) >= 11 is 0.